The molecule has 2 aromatic carbocycles. The summed E-state index contributed by atoms with van der Waals surface area (Å²) in [7, 11) is 1.29. The van der Waals surface area contributed by atoms with Crippen molar-refractivity contribution in [1.82, 2.24) is 0 Å². The van der Waals surface area contributed by atoms with Crippen LogP contribution in [0.1, 0.15) is 10.4 Å². The van der Waals surface area contributed by atoms with E-state index in [0.717, 1.165) is 0 Å². The van der Waals surface area contributed by atoms with Gasteiger partial charge < -0.3 is 15.8 Å². The molecule has 0 aromatic heterocycles. The van der Waals surface area contributed by atoms with Crippen LogP contribution >= 0.6 is 15.9 Å². The van der Waals surface area contributed by atoms with Gasteiger partial charge in [0.2, 0.25) is 0 Å². The van der Waals surface area contributed by atoms with Gasteiger partial charge >= 0.3 is 5.97 Å². The van der Waals surface area contributed by atoms with Crippen LogP contribution in [0, 0.1) is 5.82 Å². The van der Waals surface area contributed by atoms with Crippen molar-refractivity contribution in [3.05, 3.63) is 52.3 Å². The first-order valence-corrected chi connectivity index (χ1v) is 6.51. The first kappa shape index (κ1) is 14.3. The number of nitrogen functional groups attached to an aromatic ring is 1. The number of carbonyl (C=O) groups is 1. The molecule has 0 saturated carbocycles. The molecule has 104 valence electrons. The molecule has 0 fully saturated rings. The smallest absolute Gasteiger partial charge is 0.337 e. The minimum absolute atomic E-state index is 0.251. The fraction of sp³-hybridized carbons (Fsp3) is 0.0714. The number of halogens is 2. The van der Waals surface area contributed by atoms with E-state index in [-0.39, 0.29) is 5.69 Å². The average molecular weight is 339 g/mol. The molecule has 0 saturated heterocycles. The van der Waals surface area contributed by atoms with Crippen LogP contribution in [0.15, 0.2) is 40.9 Å². The molecule has 2 aromatic rings. The number of hydrogen-bond acceptors (Lipinski definition) is 4. The van der Waals surface area contributed by atoms with Crippen LogP contribution in [-0.4, -0.2) is 13.1 Å². The van der Waals surface area contributed by atoms with Gasteiger partial charge in [-0.05, 0) is 46.3 Å². The number of para-hydroxylation sites is 1. The van der Waals surface area contributed by atoms with Gasteiger partial charge in [0.15, 0.2) is 0 Å². The normalized spacial score (nSPS) is 10.2. The Morgan fingerprint density at radius 2 is 2.10 bits per heavy atom. The molecule has 3 N–H and O–H groups in total. The lowest BCUT2D eigenvalue weighted by atomic mass is 10.1. The number of methoxy groups -OCH3 is 1. The lowest BCUT2D eigenvalue weighted by molar-refractivity contribution is 0.0601. The second kappa shape index (κ2) is 5.92. The van der Waals surface area contributed by atoms with E-state index in [0.29, 0.717) is 21.4 Å². The van der Waals surface area contributed by atoms with Gasteiger partial charge in [-0.15, -0.1) is 0 Å². The number of hydrogen-bond donors (Lipinski definition) is 2. The molecule has 0 aliphatic heterocycles. The van der Waals surface area contributed by atoms with Crippen molar-refractivity contribution in [2.75, 3.05) is 18.2 Å². The monoisotopic (exact) mass is 338 g/mol. The highest BCUT2D eigenvalue weighted by Gasteiger charge is 2.12. The number of anilines is 3. The van der Waals surface area contributed by atoms with E-state index < -0.39 is 11.8 Å². The van der Waals surface area contributed by atoms with Crippen LogP contribution < -0.4 is 11.1 Å². The van der Waals surface area contributed by atoms with E-state index in [1.165, 1.54) is 19.2 Å². The number of ether oxygens (including phenoxy) is 1. The predicted molar refractivity (Wildman–Crippen MR) is 79.6 cm³/mol. The van der Waals surface area contributed by atoms with Gasteiger partial charge in [0.1, 0.15) is 5.82 Å². The van der Waals surface area contributed by atoms with E-state index in [2.05, 4.69) is 26.0 Å². The lowest BCUT2D eigenvalue weighted by Gasteiger charge is -2.12. The summed E-state index contributed by atoms with van der Waals surface area (Å²) in [4.78, 5) is 11.5. The maximum Gasteiger partial charge on any atom is 0.337 e. The summed E-state index contributed by atoms with van der Waals surface area (Å²) in [6.07, 6.45) is 0. The lowest BCUT2D eigenvalue weighted by Crippen LogP contribution is -2.04. The summed E-state index contributed by atoms with van der Waals surface area (Å²) in [5.41, 5.74) is 7.23. The van der Waals surface area contributed by atoms with Gasteiger partial charge in [0.25, 0.3) is 0 Å². The van der Waals surface area contributed by atoms with E-state index in [1.54, 1.807) is 24.3 Å². The molecule has 20 heavy (non-hydrogen) atoms. The predicted octanol–water partition coefficient (Wildman–Crippen LogP) is 3.70. The molecule has 0 amide bonds. The Morgan fingerprint density at radius 3 is 2.75 bits per heavy atom. The van der Waals surface area contributed by atoms with Crippen molar-refractivity contribution in [2.45, 2.75) is 0 Å². The number of nitrogens with two attached hydrogens (primary N) is 1. The Morgan fingerprint density at radius 1 is 1.35 bits per heavy atom. The standard InChI is InChI=1S/C14H12BrFN2O2/c1-20-14(19)8-5-6-11(17)12(7-8)18-13-9(15)3-2-4-10(13)16/h2-7,18H,17H2,1H3. The van der Waals surface area contributed by atoms with Gasteiger partial charge in [-0.2, -0.15) is 0 Å². The molecular weight excluding hydrogens is 327 g/mol. The Kier molecular flexibility index (Phi) is 4.24. The van der Waals surface area contributed by atoms with Gasteiger partial charge in [-0.3, -0.25) is 0 Å². The van der Waals surface area contributed by atoms with Crippen LogP contribution in [0.3, 0.4) is 0 Å². The second-order valence-electron chi connectivity index (χ2n) is 4.02. The van der Waals surface area contributed by atoms with Crippen LogP contribution in [0.5, 0.6) is 0 Å². The summed E-state index contributed by atoms with van der Waals surface area (Å²) in [5, 5.41) is 2.87. The van der Waals surface area contributed by atoms with Crippen LogP contribution in [0.4, 0.5) is 21.5 Å². The summed E-state index contributed by atoms with van der Waals surface area (Å²) in [6.45, 7) is 0. The number of esters is 1. The molecule has 0 aliphatic rings. The number of benzene rings is 2. The topological polar surface area (TPSA) is 64.3 Å². The highest BCUT2D eigenvalue weighted by Crippen LogP contribution is 2.31. The zero-order valence-electron chi connectivity index (χ0n) is 10.6. The third-order valence-electron chi connectivity index (χ3n) is 2.70. The molecule has 0 aliphatic carbocycles. The largest absolute Gasteiger partial charge is 0.465 e. The minimum Gasteiger partial charge on any atom is -0.465 e. The summed E-state index contributed by atoms with van der Waals surface area (Å²) < 4.78 is 19.0. The minimum atomic E-state index is -0.486. The molecule has 0 atom stereocenters. The van der Waals surface area contributed by atoms with Crippen LogP contribution in [0.2, 0.25) is 0 Å². The third-order valence-corrected chi connectivity index (χ3v) is 3.36. The van der Waals surface area contributed by atoms with Crippen molar-refractivity contribution in [2.24, 2.45) is 0 Å². The zero-order chi connectivity index (χ0) is 14.7. The SMILES string of the molecule is COC(=O)c1ccc(N)c(Nc2c(F)cccc2Br)c1. The molecule has 0 heterocycles. The first-order chi connectivity index (χ1) is 9.52. The van der Waals surface area contributed by atoms with Crippen LogP contribution in [-0.2, 0) is 4.74 Å². The van der Waals surface area contributed by atoms with Crippen molar-refractivity contribution in [1.29, 1.82) is 0 Å². The Balaban J connectivity index is 2.40. The van der Waals surface area contributed by atoms with E-state index in [4.69, 9.17) is 5.73 Å². The number of nitrogens with one attached hydrogen (secondary N) is 1. The Hall–Kier alpha value is -2.08. The maximum absolute atomic E-state index is 13.8. The van der Waals surface area contributed by atoms with Gasteiger partial charge in [-0.1, -0.05) is 6.07 Å². The zero-order valence-corrected chi connectivity index (χ0v) is 12.2. The van der Waals surface area contributed by atoms with Crippen molar-refractivity contribution >= 4 is 39.0 Å². The first-order valence-electron chi connectivity index (χ1n) is 5.72. The highest BCUT2D eigenvalue weighted by atomic mass is 79.9. The highest BCUT2D eigenvalue weighted by molar-refractivity contribution is 9.10. The fourth-order valence-corrected chi connectivity index (χ4v) is 2.10. The summed E-state index contributed by atoms with van der Waals surface area (Å²) in [5.74, 6) is -0.914. The molecule has 0 radical (unpaired) electrons. The van der Waals surface area contributed by atoms with Crippen molar-refractivity contribution < 1.29 is 13.9 Å². The molecule has 0 spiro atoms. The van der Waals surface area contributed by atoms with Crippen molar-refractivity contribution in [3.8, 4) is 0 Å². The second-order valence-corrected chi connectivity index (χ2v) is 4.87. The fourth-order valence-electron chi connectivity index (χ4n) is 1.66. The molecule has 0 bridgehead atoms. The summed E-state index contributed by atoms with van der Waals surface area (Å²) >= 11 is 3.26. The quantitative estimate of drug-likeness (QED) is 0.661. The van der Waals surface area contributed by atoms with Crippen LogP contribution in [0.25, 0.3) is 0 Å². The molecule has 4 nitrogen and oxygen atoms in total. The number of carbonyl (C=O) groups excluding carboxylic acids is 1. The molecule has 0 unspecified atom stereocenters. The van der Waals surface area contributed by atoms with E-state index in [9.17, 15) is 9.18 Å². The maximum atomic E-state index is 13.8. The molecule has 6 heteroatoms. The number of rotatable bonds is 3. The average Bonchev–Trinajstić information content (AvgIpc) is 2.44. The Labute approximate surface area is 123 Å². The van der Waals surface area contributed by atoms with Gasteiger partial charge in [0, 0.05) is 4.47 Å². The van der Waals surface area contributed by atoms with Gasteiger partial charge in [-0.25, -0.2) is 9.18 Å². The third kappa shape index (κ3) is 2.91. The molecular formula is C14H12BrFN2O2. The van der Waals surface area contributed by atoms with Crippen molar-refractivity contribution in [3.63, 3.8) is 0 Å². The summed E-state index contributed by atoms with van der Waals surface area (Å²) in [6, 6.07) is 9.23. The Bertz CT molecular complexity index is 641. The van der Waals surface area contributed by atoms with Gasteiger partial charge in [0.05, 0.1) is 29.7 Å². The molecule has 2 rings (SSSR count). The van der Waals surface area contributed by atoms with E-state index in [1.807, 2.05) is 0 Å². The van der Waals surface area contributed by atoms with E-state index >= 15 is 0 Å².